The van der Waals surface area contributed by atoms with Crippen LogP contribution in [0.2, 0.25) is 0 Å². The molecule has 0 radical (unpaired) electrons. The van der Waals surface area contributed by atoms with E-state index in [1.807, 2.05) is 42.5 Å². The lowest BCUT2D eigenvalue weighted by Gasteiger charge is -2.12. The minimum absolute atomic E-state index is 0. The van der Waals surface area contributed by atoms with Crippen molar-refractivity contribution in [2.45, 2.75) is 12.3 Å². The smallest absolute Gasteiger partial charge is 0.262 e. The standard InChI is InChI=1S/C20H19NO4S.CH4/c1-24-19-13-12-18(14-20(19)25-2)26(22,23)21-17-10-8-16(9-11-17)15-6-4-3-5-7-15;/h3-14,21H,1-2H3;1H4. The second-order valence-electron chi connectivity index (χ2n) is 5.57. The number of sulfonamides is 1. The Bertz CT molecular complexity index is 984. The third-order valence-electron chi connectivity index (χ3n) is 3.91. The van der Waals surface area contributed by atoms with Gasteiger partial charge in [-0.3, -0.25) is 4.72 Å². The van der Waals surface area contributed by atoms with Gasteiger partial charge in [-0.15, -0.1) is 0 Å². The maximum absolute atomic E-state index is 12.6. The van der Waals surface area contributed by atoms with Crippen molar-refractivity contribution in [3.63, 3.8) is 0 Å². The molecule has 0 aliphatic carbocycles. The zero-order valence-electron chi connectivity index (χ0n) is 14.5. The van der Waals surface area contributed by atoms with Crippen LogP contribution in [0.15, 0.2) is 77.7 Å². The first-order valence-corrected chi connectivity index (χ1v) is 9.42. The third-order valence-corrected chi connectivity index (χ3v) is 5.29. The van der Waals surface area contributed by atoms with Crippen molar-refractivity contribution < 1.29 is 17.9 Å². The van der Waals surface area contributed by atoms with Gasteiger partial charge in [-0.25, -0.2) is 8.42 Å². The highest BCUT2D eigenvalue weighted by Gasteiger charge is 2.17. The van der Waals surface area contributed by atoms with E-state index in [1.54, 1.807) is 18.2 Å². The normalized spacial score (nSPS) is 10.6. The van der Waals surface area contributed by atoms with Crippen molar-refractivity contribution in [3.05, 3.63) is 72.8 Å². The maximum Gasteiger partial charge on any atom is 0.262 e. The summed E-state index contributed by atoms with van der Waals surface area (Å²) in [6.45, 7) is 0. The Labute approximate surface area is 160 Å². The Morgan fingerprint density at radius 2 is 1.33 bits per heavy atom. The molecule has 0 bridgehead atoms. The first-order chi connectivity index (χ1) is 12.5. The molecule has 3 aromatic carbocycles. The van der Waals surface area contributed by atoms with Crippen LogP contribution in [0.1, 0.15) is 7.43 Å². The molecule has 6 heteroatoms. The maximum atomic E-state index is 12.6. The van der Waals surface area contributed by atoms with E-state index in [1.165, 1.54) is 26.4 Å². The first-order valence-electron chi connectivity index (χ1n) is 7.94. The van der Waals surface area contributed by atoms with Crippen LogP contribution >= 0.6 is 0 Å². The molecule has 0 atom stereocenters. The van der Waals surface area contributed by atoms with E-state index in [-0.39, 0.29) is 12.3 Å². The number of benzene rings is 3. The predicted octanol–water partition coefficient (Wildman–Crippen LogP) is 4.81. The second kappa shape index (κ2) is 8.60. The van der Waals surface area contributed by atoms with Gasteiger partial charge in [0, 0.05) is 11.8 Å². The summed E-state index contributed by atoms with van der Waals surface area (Å²) in [6.07, 6.45) is 0. The molecule has 27 heavy (non-hydrogen) atoms. The van der Waals surface area contributed by atoms with Crippen LogP contribution in [0.5, 0.6) is 11.5 Å². The van der Waals surface area contributed by atoms with Gasteiger partial charge in [0.15, 0.2) is 11.5 Å². The highest BCUT2D eigenvalue weighted by atomic mass is 32.2. The molecule has 0 unspecified atom stereocenters. The summed E-state index contributed by atoms with van der Waals surface area (Å²) in [6, 6.07) is 21.6. The lowest BCUT2D eigenvalue weighted by Crippen LogP contribution is -2.13. The van der Waals surface area contributed by atoms with Gasteiger partial charge < -0.3 is 9.47 Å². The molecule has 0 aliphatic heterocycles. The molecule has 142 valence electrons. The summed E-state index contributed by atoms with van der Waals surface area (Å²) in [7, 11) is -0.773. The van der Waals surface area contributed by atoms with Crippen LogP contribution in [-0.4, -0.2) is 22.6 Å². The highest BCUT2D eigenvalue weighted by Crippen LogP contribution is 2.30. The van der Waals surface area contributed by atoms with Gasteiger partial charge in [0.05, 0.1) is 19.1 Å². The molecule has 0 amide bonds. The number of hydrogen-bond acceptors (Lipinski definition) is 4. The van der Waals surface area contributed by atoms with Crippen LogP contribution in [0.25, 0.3) is 11.1 Å². The van der Waals surface area contributed by atoms with Crippen LogP contribution in [0, 0.1) is 0 Å². The van der Waals surface area contributed by atoms with Gasteiger partial charge in [0.1, 0.15) is 0 Å². The van der Waals surface area contributed by atoms with Gasteiger partial charge in [-0.1, -0.05) is 49.9 Å². The van der Waals surface area contributed by atoms with Gasteiger partial charge in [0.25, 0.3) is 10.0 Å². The molecule has 0 heterocycles. The van der Waals surface area contributed by atoms with Crippen molar-refractivity contribution >= 4 is 15.7 Å². The molecule has 1 N–H and O–H groups in total. The van der Waals surface area contributed by atoms with Crippen LogP contribution < -0.4 is 14.2 Å². The Balaban J connectivity index is 0.00000261. The van der Waals surface area contributed by atoms with Crippen LogP contribution in [0.4, 0.5) is 5.69 Å². The average molecular weight is 385 g/mol. The molecular weight excluding hydrogens is 362 g/mol. The molecule has 0 saturated carbocycles. The van der Waals surface area contributed by atoms with Gasteiger partial charge in [-0.05, 0) is 35.4 Å². The van der Waals surface area contributed by atoms with Gasteiger partial charge >= 0.3 is 0 Å². The number of ether oxygens (including phenoxy) is 2. The zero-order valence-corrected chi connectivity index (χ0v) is 15.3. The Kier molecular flexibility index (Phi) is 6.47. The predicted molar refractivity (Wildman–Crippen MR) is 109 cm³/mol. The Hall–Kier alpha value is -2.99. The fraction of sp³-hybridized carbons (Fsp3) is 0.143. The Morgan fingerprint density at radius 3 is 1.93 bits per heavy atom. The fourth-order valence-electron chi connectivity index (χ4n) is 2.56. The van der Waals surface area contributed by atoms with Crippen molar-refractivity contribution in [2.75, 3.05) is 18.9 Å². The largest absolute Gasteiger partial charge is 0.493 e. The number of rotatable bonds is 6. The minimum atomic E-state index is -3.73. The molecule has 5 nitrogen and oxygen atoms in total. The van der Waals surface area contributed by atoms with E-state index in [0.29, 0.717) is 17.2 Å². The summed E-state index contributed by atoms with van der Waals surface area (Å²) >= 11 is 0. The van der Waals surface area contributed by atoms with E-state index in [9.17, 15) is 8.42 Å². The topological polar surface area (TPSA) is 64.6 Å². The summed E-state index contributed by atoms with van der Waals surface area (Å²) in [4.78, 5) is 0.0993. The zero-order chi connectivity index (χ0) is 18.6. The number of hydrogen-bond donors (Lipinski definition) is 1. The second-order valence-corrected chi connectivity index (χ2v) is 7.25. The molecule has 0 aliphatic rings. The minimum Gasteiger partial charge on any atom is -0.493 e. The Morgan fingerprint density at radius 1 is 0.741 bits per heavy atom. The van der Waals surface area contributed by atoms with Gasteiger partial charge in [0.2, 0.25) is 0 Å². The summed E-state index contributed by atoms with van der Waals surface area (Å²) in [5.41, 5.74) is 2.57. The van der Waals surface area contributed by atoms with E-state index in [4.69, 9.17) is 9.47 Å². The number of nitrogens with one attached hydrogen (secondary N) is 1. The monoisotopic (exact) mass is 385 g/mol. The first kappa shape index (κ1) is 20.3. The van der Waals surface area contributed by atoms with Crippen LogP contribution in [-0.2, 0) is 10.0 Å². The molecule has 0 saturated heterocycles. The van der Waals surface area contributed by atoms with Crippen molar-refractivity contribution in [3.8, 4) is 22.6 Å². The summed E-state index contributed by atoms with van der Waals surface area (Å²) in [5, 5.41) is 0. The van der Waals surface area contributed by atoms with E-state index in [2.05, 4.69) is 4.72 Å². The number of methoxy groups -OCH3 is 2. The molecular formula is C21H23NO4S. The van der Waals surface area contributed by atoms with E-state index in [0.717, 1.165) is 11.1 Å². The van der Waals surface area contributed by atoms with Crippen molar-refractivity contribution in [1.82, 2.24) is 0 Å². The molecule has 3 aromatic rings. The SMILES string of the molecule is C.COc1ccc(S(=O)(=O)Nc2ccc(-c3ccccc3)cc2)cc1OC. The van der Waals surface area contributed by atoms with E-state index >= 15 is 0 Å². The lowest BCUT2D eigenvalue weighted by molar-refractivity contribution is 0.354. The van der Waals surface area contributed by atoms with Crippen molar-refractivity contribution in [2.24, 2.45) is 0 Å². The summed E-state index contributed by atoms with van der Waals surface area (Å²) in [5.74, 6) is 0.827. The third kappa shape index (κ3) is 4.60. The number of anilines is 1. The summed E-state index contributed by atoms with van der Waals surface area (Å²) < 4.78 is 38.1. The molecule has 0 spiro atoms. The quantitative estimate of drug-likeness (QED) is 0.661. The fourth-order valence-corrected chi connectivity index (χ4v) is 3.63. The average Bonchev–Trinajstić information content (AvgIpc) is 2.68. The van der Waals surface area contributed by atoms with E-state index < -0.39 is 10.0 Å². The van der Waals surface area contributed by atoms with Crippen LogP contribution in [0.3, 0.4) is 0 Å². The lowest BCUT2D eigenvalue weighted by atomic mass is 10.1. The molecule has 0 fully saturated rings. The molecule has 3 rings (SSSR count). The van der Waals surface area contributed by atoms with Gasteiger partial charge in [-0.2, -0.15) is 0 Å². The van der Waals surface area contributed by atoms with Crippen molar-refractivity contribution in [1.29, 1.82) is 0 Å². The molecule has 0 aromatic heterocycles. The highest BCUT2D eigenvalue weighted by molar-refractivity contribution is 7.92.